The molecule has 0 radical (unpaired) electrons. The summed E-state index contributed by atoms with van der Waals surface area (Å²) in [5.41, 5.74) is 0.953. The van der Waals surface area contributed by atoms with E-state index in [1.165, 1.54) is 5.56 Å². The number of hydrogen-bond acceptors (Lipinski definition) is 4. The standard InChI is InChI=1S/C16H21NO4/c1-11(15(18)19)17-8-7-16(10-17)6-5-12-3-4-13(20-2)9-14(12)21-16/h3-4,9,11H,5-8,10H2,1-2H3,(H,18,19). The Labute approximate surface area is 124 Å². The van der Waals surface area contributed by atoms with Crippen molar-refractivity contribution in [1.82, 2.24) is 4.90 Å². The number of carboxylic acids is 1. The number of carbonyl (C=O) groups is 1. The van der Waals surface area contributed by atoms with Gasteiger partial charge in [0, 0.05) is 25.6 Å². The van der Waals surface area contributed by atoms with E-state index in [2.05, 4.69) is 0 Å². The maximum Gasteiger partial charge on any atom is 0.320 e. The predicted molar refractivity (Wildman–Crippen MR) is 78.0 cm³/mol. The number of aliphatic carboxylic acids is 1. The average Bonchev–Trinajstić information content (AvgIpc) is 2.89. The molecule has 1 aromatic rings. The summed E-state index contributed by atoms with van der Waals surface area (Å²) >= 11 is 0. The van der Waals surface area contributed by atoms with E-state index in [0.717, 1.165) is 37.3 Å². The third kappa shape index (κ3) is 2.58. The van der Waals surface area contributed by atoms with Crippen LogP contribution in [0.5, 0.6) is 11.5 Å². The van der Waals surface area contributed by atoms with Crippen LogP contribution in [-0.4, -0.2) is 47.8 Å². The highest BCUT2D eigenvalue weighted by Gasteiger charge is 2.44. The van der Waals surface area contributed by atoms with E-state index in [9.17, 15) is 4.79 Å². The highest BCUT2D eigenvalue weighted by Crippen LogP contribution is 2.40. The number of hydrogen-bond donors (Lipinski definition) is 1. The third-order valence-electron chi connectivity index (χ3n) is 4.70. The number of carboxylic acid groups (broad SMARTS) is 1. The molecular weight excluding hydrogens is 270 g/mol. The lowest BCUT2D eigenvalue weighted by Gasteiger charge is -2.36. The van der Waals surface area contributed by atoms with Gasteiger partial charge >= 0.3 is 5.97 Å². The van der Waals surface area contributed by atoms with Gasteiger partial charge in [-0.15, -0.1) is 0 Å². The Bertz CT molecular complexity index is 559. The molecule has 21 heavy (non-hydrogen) atoms. The molecule has 2 unspecified atom stereocenters. The summed E-state index contributed by atoms with van der Waals surface area (Å²) in [6.07, 6.45) is 2.78. The van der Waals surface area contributed by atoms with Crippen LogP contribution in [0.1, 0.15) is 25.3 Å². The molecule has 5 heteroatoms. The van der Waals surface area contributed by atoms with Gasteiger partial charge in [-0.2, -0.15) is 0 Å². The quantitative estimate of drug-likeness (QED) is 0.922. The van der Waals surface area contributed by atoms with Gasteiger partial charge < -0.3 is 14.6 Å². The van der Waals surface area contributed by atoms with Gasteiger partial charge in [-0.1, -0.05) is 6.07 Å². The summed E-state index contributed by atoms with van der Waals surface area (Å²) in [5.74, 6) is 0.898. The zero-order chi connectivity index (χ0) is 15.0. The van der Waals surface area contributed by atoms with Crippen LogP contribution >= 0.6 is 0 Å². The van der Waals surface area contributed by atoms with Gasteiger partial charge in [-0.25, -0.2) is 0 Å². The highest BCUT2D eigenvalue weighted by molar-refractivity contribution is 5.73. The minimum absolute atomic E-state index is 0.247. The van der Waals surface area contributed by atoms with Crippen molar-refractivity contribution in [3.63, 3.8) is 0 Å². The SMILES string of the molecule is COc1ccc2c(c1)OC1(CC2)CCN(C(C)C(=O)O)C1. The minimum Gasteiger partial charge on any atom is -0.497 e. The van der Waals surface area contributed by atoms with Crippen LogP contribution in [0.15, 0.2) is 18.2 Å². The zero-order valence-corrected chi connectivity index (χ0v) is 12.5. The topological polar surface area (TPSA) is 59.0 Å². The summed E-state index contributed by atoms with van der Waals surface area (Å²) < 4.78 is 11.5. The smallest absolute Gasteiger partial charge is 0.320 e. The van der Waals surface area contributed by atoms with Crippen LogP contribution < -0.4 is 9.47 Å². The fraction of sp³-hybridized carbons (Fsp3) is 0.562. The van der Waals surface area contributed by atoms with Crippen molar-refractivity contribution < 1.29 is 19.4 Å². The van der Waals surface area contributed by atoms with Gasteiger partial charge in [0.1, 0.15) is 23.1 Å². The molecule has 2 aliphatic heterocycles. The number of benzene rings is 1. The molecule has 114 valence electrons. The van der Waals surface area contributed by atoms with Crippen molar-refractivity contribution in [3.8, 4) is 11.5 Å². The summed E-state index contributed by atoms with van der Waals surface area (Å²) in [4.78, 5) is 13.1. The van der Waals surface area contributed by atoms with E-state index in [-0.39, 0.29) is 5.60 Å². The number of rotatable bonds is 3. The fourth-order valence-electron chi connectivity index (χ4n) is 3.26. The van der Waals surface area contributed by atoms with Gasteiger partial charge in [0.2, 0.25) is 0 Å². The first kappa shape index (κ1) is 14.2. The monoisotopic (exact) mass is 291 g/mol. The maximum atomic E-state index is 11.1. The fourth-order valence-corrected chi connectivity index (χ4v) is 3.26. The van der Waals surface area contributed by atoms with E-state index < -0.39 is 12.0 Å². The number of aryl methyl sites for hydroxylation is 1. The molecule has 2 atom stereocenters. The number of methoxy groups -OCH3 is 1. The summed E-state index contributed by atoms with van der Waals surface area (Å²) in [5, 5.41) is 9.16. The molecule has 1 aromatic carbocycles. The van der Waals surface area contributed by atoms with Crippen molar-refractivity contribution in [1.29, 1.82) is 0 Å². The molecule has 1 fully saturated rings. The largest absolute Gasteiger partial charge is 0.497 e. The van der Waals surface area contributed by atoms with Crippen LogP contribution in [0.4, 0.5) is 0 Å². The Hall–Kier alpha value is -1.75. The third-order valence-corrected chi connectivity index (χ3v) is 4.70. The van der Waals surface area contributed by atoms with E-state index in [4.69, 9.17) is 14.6 Å². The van der Waals surface area contributed by atoms with Crippen LogP contribution in [0.3, 0.4) is 0 Å². The van der Waals surface area contributed by atoms with Crippen molar-refractivity contribution in [2.45, 2.75) is 37.8 Å². The lowest BCUT2D eigenvalue weighted by atomic mass is 9.90. The van der Waals surface area contributed by atoms with Gasteiger partial charge in [0.15, 0.2) is 0 Å². The second-order valence-electron chi connectivity index (χ2n) is 5.99. The lowest BCUT2D eigenvalue weighted by Crippen LogP contribution is -2.45. The van der Waals surface area contributed by atoms with E-state index >= 15 is 0 Å². The summed E-state index contributed by atoms with van der Waals surface area (Å²) in [6.45, 7) is 3.19. The van der Waals surface area contributed by atoms with Crippen molar-refractivity contribution in [2.24, 2.45) is 0 Å². The minimum atomic E-state index is -0.773. The number of fused-ring (bicyclic) bond motifs is 1. The molecular formula is C16H21NO4. The van der Waals surface area contributed by atoms with E-state index in [1.807, 2.05) is 23.1 Å². The molecule has 1 spiro atoms. The molecule has 0 saturated carbocycles. The van der Waals surface area contributed by atoms with Crippen LogP contribution in [0, 0.1) is 0 Å². The Morgan fingerprint density at radius 1 is 1.48 bits per heavy atom. The second kappa shape index (κ2) is 5.22. The highest BCUT2D eigenvalue weighted by atomic mass is 16.5. The molecule has 2 heterocycles. The molecule has 0 bridgehead atoms. The molecule has 0 aromatic heterocycles. The summed E-state index contributed by atoms with van der Waals surface area (Å²) in [7, 11) is 1.65. The predicted octanol–water partition coefficient (Wildman–Crippen LogP) is 1.94. The molecule has 5 nitrogen and oxygen atoms in total. The molecule has 1 saturated heterocycles. The van der Waals surface area contributed by atoms with Gasteiger partial charge in [0.05, 0.1) is 7.11 Å². The number of nitrogens with zero attached hydrogens (tertiary/aromatic N) is 1. The average molecular weight is 291 g/mol. The lowest BCUT2D eigenvalue weighted by molar-refractivity contribution is -0.142. The van der Waals surface area contributed by atoms with Crippen LogP contribution in [0.2, 0.25) is 0 Å². The van der Waals surface area contributed by atoms with Gasteiger partial charge in [0.25, 0.3) is 0 Å². The van der Waals surface area contributed by atoms with Crippen molar-refractivity contribution in [3.05, 3.63) is 23.8 Å². The van der Waals surface area contributed by atoms with Gasteiger partial charge in [-0.05, 0) is 31.4 Å². The molecule has 2 aliphatic rings. The molecule has 1 N–H and O–H groups in total. The van der Waals surface area contributed by atoms with E-state index in [1.54, 1.807) is 14.0 Å². The Morgan fingerprint density at radius 2 is 2.29 bits per heavy atom. The Kier molecular flexibility index (Phi) is 3.53. The van der Waals surface area contributed by atoms with Crippen LogP contribution in [-0.2, 0) is 11.2 Å². The van der Waals surface area contributed by atoms with Crippen molar-refractivity contribution in [2.75, 3.05) is 20.2 Å². The number of likely N-dealkylation sites (tertiary alicyclic amines) is 1. The molecule has 0 aliphatic carbocycles. The zero-order valence-electron chi connectivity index (χ0n) is 12.5. The van der Waals surface area contributed by atoms with Crippen molar-refractivity contribution >= 4 is 5.97 Å². The Morgan fingerprint density at radius 3 is 3.00 bits per heavy atom. The molecule has 3 rings (SSSR count). The first-order valence-electron chi connectivity index (χ1n) is 7.36. The first-order valence-corrected chi connectivity index (χ1v) is 7.36. The normalized spacial score (nSPS) is 26.2. The first-order chi connectivity index (χ1) is 10.0. The van der Waals surface area contributed by atoms with E-state index in [0.29, 0.717) is 6.54 Å². The summed E-state index contributed by atoms with van der Waals surface area (Å²) in [6, 6.07) is 5.47. The number of ether oxygens (including phenoxy) is 2. The molecule has 0 amide bonds. The van der Waals surface area contributed by atoms with Gasteiger partial charge in [-0.3, -0.25) is 9.69 Å². The van der Waals surface area contributed by atoms with Crippen LogP contribution in [0.25, 0.3) is 0 Å². The Balaban J connectivity index is 1.78. The maximum absolute atomic E-state index is 11.1. The second-order valence-corrected chi connectivity index (χ2v) is 5.99.